The largest absolute Gasteiger partial charge is 0.479 e. The van der Waals surface area contributed by atoms with E-state index >= 15 is 0 Å². The Hall–Kier alpha value is -2.73. The molecular weight excluding hydrogens is 425 g/mol. The van der Waals surface area contributed by atoms with E-state index in [4.69, 9.17) is 16.3 Å². The first kappa shape index (κ1) is 20.0. The number of hydrogen-bond acceptors (Lipinski definition) is 6. The molecule has 1 N–H and O–H groups in total. The number of rotatable bonds is 7. The summed E-state index contributed by atoms with van der Waals surface area (Å²) in [5.74, 6) is -2.26. The molecule has 0 aliphatic rings. The van der Waals surface area contributed by atoms with Gasteiger partial charge in [-0.05, 0) is 12.1 Å². The first-order chi connectivity index (χ1) is 13.2. The van der Waals surface area contributed by atoms with Gasteiger partial charge in [-0.15, -0.1) is 0 Å². The van der Waals surface area contributed by atoms with Crippen molar-refractivity contribution < 1.29 is 31.1 Å². The Morgan fingerprint density at radius 3 is 2.75 bits per heavy atom. The molecule has 3 heterocycles. The molecule has 13 heteroatoms. The number of alkyl halides is 2. The molecular formula is C15H12ClF3N4O4S. The molecule has 8 nitrogen and oxygen atoms in total. The lowest BCUT2D eigenvalue weighted by atomic mass is 10.4. The molecule has 0 fully saturated rings. The summed E-state index contributed by atoms with van der Waals surface area (Å²) in [6, 6.07) is 3.64. The summed E-state index contributed by atoms with van der Waals surface area (Å²) in [6.07, 6.45) is -0.341. The van der Waals surface area contributed by atoms with E-state index in [1.54, 1.807) is 0 Å². The average molecular weight is 437 g/mol. The van der Waals surface area contributed by atoms with Gasteiger partial charge in [0, 0.05) is 12.3 Å². The molecule has 0 radical (unpaired) electrons. The molecule has 0 bridgehead atoms. The standard InChI is InChI=1S/C15H12ClF3N4O4S/c1-26-15-10(4-9(17)14(21-15)27-7-13(18)19)22-28(24,25)12-5-20-23-6-8(16)2-3-11(12)23/h2-6,13,22H,7H2,1H3. The highest BCUT2D eigenvalue weighted by Crippen LogP contribution is 2.31. The van der Waals surface area contributed by atoms with Crippen molar-refractivity contribution in [2.75, 3.05) is 18.4 Å². The maximum atomic E-state index is 14.1. The van der Waals surface area contributed by atoms with Crippen LogP contribution in [0.25, 0.3) is 5.52 Å². The molecule has 0 aliphatic heterocycles. The van der Waals surface area contributed by atoms with Gasteiger partial charge in [-0.25, -0.2) is 26.1 Å². The van der Waals surface area contributed by atoms with Gasteiger partial charge >= 0.3 is 0 Å². The van der Waals surface area contributed by atoms with Gasteiger partial charge in [0.15, 0.2) is 12.4 Å². The zero-order valence-electron chi connectivity index (χ0n) is 14.1. The summed E-state index contributed by atoms with van der Waals surface area (Å²) in [4.78, 5) is 3.38. The van der Waals surface area contributed by atoms with Crippen LogP contribution in [0.4, 0.5) is 18.9 Å². The smallest absolute Gasteiger partial charge is 0.272 e. The number of pyridine rings is 2. The summed E-state index contributed by atoms with van der Waals surface area (Å²) in [6.45, 7) is -1.08. The molecule has 3 aromatic heterocycles. The molecule has 0 aliphatic carbocycles. The Morgan fingerprint density at radius 1 is 1.32 bits per heavy atom. The number of sulfonamides is 1. The molecule has 0 aromatic carbocycles. The molecule has 28 heavy (non-hydrogen) atoms. The highest BCUT2D eigenvalue weighted by Gasteiger charge is 2.24. The first-order valence-electron chi connectivity index (χ1n) is 7.52. The van der Waals surface area contributed by atoms with Gasteiger partial charge in [-0.3, -0.25) is 4.72 Å². The summed E-state index contributed by atoms with van der Waals surface area (Å²) in [5, 5.41) is 4.25. The van der Waals surface area contributed by atoms with Gasteiger partial charge in [0.2, 0.25) is 5.88 Å². The van der Waals surface area contributed by atoms with E-state index in [1.807, 2.05) is 0 Å². The third kappa shape index (κ3) is 4.07. The highest BCUT2D eigenvalue weighted by molar-refractivity contribution is 7.93. The van der Waals surface area contributed by atoms with Gasteiger partial charge in [0.05, 0.1) is 23.8 Å². The maximum Gasteiger partial charge on any atom is 0.272 e. The van der Waals surface area contributed by atoms with E-state index in [1.165, 1.54) is 22.8 Å². The van der Waals surface area contributed by atoms with Crippen LogP contribution in [-0.2, 0) is 10.0 Å². The topological polar surface area (TPSA) is 94.8 Å². The lowest BCUT2D eigenvalue weighted by Gasteiger charge is -2.13. The molecule has 3 aromatic rings. The number of anilines is 1. The Kier molecular flexibility index (Phi) is 5.52. The van der Waals surface area contributed by atoms with Crippen LogP contribution in [0.2, 0.25) is 5.02 Å². The number of methoxy groups -OCH3 is 1. The van der Waals surface area contributed by atoms with Gasteiger partial charge < -0.3 is 9.47 Å². The summed E-state index contributed by atoms with van der Waals surface area (Å²) < 4.78 is 76.8. The predicted octanol–water partition coefficient (Wildman–Crippen LogP) is 2.98. The van der Waals surface area contributed by atoms with Crippen LogP contribution >= 0.6 is 11.6 Å². The minimum atomic E-state index is -4.22. The molecule has 0 saturated carbocycles. The van der Waals surface area contributed by atoms with Gasteiger partial charge in [0.1, 0.15) is 10.6 Å². The first-order valence-corrected chi connectivity index (χ1v) is 9.38. The van der Waals surface area contributed by atoms with Crippen LogP contribution in [0.1, 0.15) is 0 Å². The van der Waals surface area contributed by atoms with E-state index in [9.17, 15) is 21.6 Å². The second-order valence-electron chi connectivity index (χ2n) is 5.33. The van der Waals surface area contributed by atoms with E-state index in [0.29, 0.717) is 11.1 Å². The second-order valence-corrected chi connectivity index (χ2v) is 7.41. The quantitative estimate of drug-likeness (QED) is 0.612. The third-order valence-electron chi connectivity index (χ3n) is 3.43. The zero-order valence-corrected chi connectivity index (χ0v) is 15.6. The normalized spacial score (nSPS) is 11.8. The fourth-order valence-electron chi connectivity index (χ4n) is 2.27. The van der Waals surface area contributed by atoms with Crippen LogP contribution in [0, 0.1) is 5.82 Å². The number of aromatic nitrogens is 3. The van der Waals surface area contributed by atoms with E-state index in [2.05, 4.69) is 19.5 Å². The number of nitrogens with one attached hydrogen (secondary N) is 1. The predicted molar refractivity (Wildman–Crippen MR) is 93.3 cm³/mol. The lowest BCUT2D eigenvalue weighted by molar-refractivity contribution is 0.0770. The molecule has 0 amide bonds. The number of fused-ring (bicyclic) bond motifs is 1. The van der Waals surface area contributed by atoms with E-state index in [0.717, 1.165) is 13.3 Å². The van der Waals surface area contributed by atoms with Crippen LogP contribution in [-0.4, -0.2) is 43.2 Å². The number of ether oxygens (including phenoxy) is 2. The van der Waals surface area contributed by atoms with Crippen molar-refractivity contribution in [2.45, 2.75) is 11.3 Å². The summed E-state index contributed by atoms with van der Waals surface area (Å²) >= 11 is 5.84. The number of halogens is 4. The van der Waals surface area contributed by atoms with E-state index in [-0.39, 0.29) is 22.0 Å². The van der Waals surface area contributed by atoms with Crippen LogP contribution < -0.4 is 14.2 Å². The van der Waals surface area contributed by atoms with Gasteiger partial charge in [-0.2, -0.15) is 10.1 Å². The molecule has 0 unspecified atom stereocenters. The minimum absolute atomic E-state index is 0.204. The zero-order chi connectivity index (χ0) is 20.5. The van der Waals surface area contributed by atoms with E-state index < -0.39 is 34.8 Å². The summed E-state index contributed by atoms with van der Waals surface area (Å²) in [7, 11) is -3.08. The van der Waals surface area contributed by atoms with Gasteiger partial charge in [-0.1, -0.05) is 11.6 Å². The summed E-state index contributed by atoms with van der Waals surface area (Å²) in [5.41, 5.74) is -0.126. The Bertz CT molecular complexity index is 1120. The minimum Gasteiger partial charge on any atom is -0.479 e. The lowest BCUT2D eigenvalue weighted by Crippen LogP contribution is -2.15. The fraction of sp³-hybridized carbons (Fsp3) is 0.200. The third-order valence-corrected chi connectivity index (χ3v) is 5.03. The SMILES string of the molecule is COc1nc(OCC(F)F)c(F)cc1NS(=O)(=O)c1cnn2cc(Cl)ccc12. The Labute approximate surface area is 161 Å². The maximum absolute atomic E-state index is 14.1. The average Bonchev–Trinajstić information content (AvgIpc) is 3.04. The van der Waals surface area contributed by atoms with Gasteiger partial charge in [0.25, 0.3) is 22.3 Å². The highest BCUT2D eigenvalue weighted by atomic mass is 35.5. The number of hydrogen-bond donors (Lipinski definition) is 1. The van der Waals surface area contributed by atoms with Crippen LogP contribution in [0.3, 0.4) is 0 Å². The van der Waals surface area contributed by atoms with Crippen molar-refractivity contribution in [1.29, 1.82) is 0 Å². The molecule has 0 atom stereocenters. The fourth-order valence-corrected chi connectivity index (χ4v) is 3.59. The molecule has 0 saturated heterocycles. The van der Waals surface area contributed by atoms with Crippen molar-refractivity contribution in [1.82, 2.24) is 14.6 Å². The monoisotopic (exact) mass is 436 g/mol. The van der Waals surface area contributed by atoms with Crippen molar-refractivity contribution in [3.05, 3.63) is 41.4 Å². The second kappa shape index (κ2) is 7.72. The molecule has 0 spiro atoms. The van der Waals surface area contributed by atoms with Crippen molar-refractivity contribution in [3.8, 4) is 11.8 Å². The molecule has 150 valence electrons. The Morgan fingerprint density at radius 2 is 2.07 bits per heavy atom. The van der Waals surface area contributed by atoms with Crippen LogP contribution in [0.15, 0.2) is 35.5 Å². The van der Waals surface area contributed by atoms with Crippen molar-refractivity contribution in [3.63, 3.8) is 0 Å². The van der Waals surface area contributed by atoms with Crippen molar-refractivity contribution in [2.24, 2.45) is 0 Å². The number of nitrogens with zero attached hydrogens (tertiary/aromatic N) is 3. The van der Waals surface area contributed by atoms with Crippen molar-refractivity contribution >= 4 is 32.8 Å². The van der Waals surface area contributed by atoms with Crippen LogP contribution in [0.5, 0.6) is 11.8 Å². The Balaban J connectivity index is 1.96. The molecule has 3 rings (SSSR count).